The van der Waals surface area contributed by atoms with Crippen molar-refractivity contribution >= 4 is 47.3 Å². The first kappa shape index (κ1) is 80.6. The Bertz CT molecular complexity index is 1780. The number of carbonyl (C=O) groups is 8. The van der Waals surface area contributed by atoms with Gasteiger partial charge in [-0.2, -0.15) is 0 Å². The van der Waals surface area contributed by atoms with Gasteiger partial charge in [0, 0.05) is 38.9 Å². The summed E-state index contributed by atoms with van der Waals surface area (Å²) in [6, 6.07) is -3.55. The third-order valence-corrected chi connectivity index (χ3v) is 16.6. The minimum Gasteiger partial charge on any atom is -0.354 e. The summed E-state index contributed by atoms with van der Waals surface area (Å²) in [6.45, 7) is 4.06. The van der Waals surface area contributed by atoms with Crippen molar-refractivity contribution in [1.29, 1.82) is 0 Å². The molecule has 1 aliphatic rings. The molecule has 0 aromatic rings. The van der Waals surface area contributed by atoms with Crippen molar-refractivity contribution in [2.45, 2.75) is 319 Å². The molecule has 0 aromatic carbocycles. The highest BCUT2D eigenvalue weighted by molar-refractivity contribution is 5.93. The maximum Gasteiger partial charge on any atom is 0.243 e. The molecular weight excluding hydrogens is 1100 g/mol. The SMILES string of the molecule is NCCCCC1NC(=O)CCCCCCCCCCCNC(=O)C(CCCCN)NC(=O)C(CCCCN)NC(=O)CCCCCCCCCCCNC(=O)C(CCCCN)NC(=O)C(CCCCN)NC(=O)CCCCCCCCCCCNC1=O. The van der Waals surface area contributed by atoms with E-state index in [0.29, 0.717) is 136 Å². The molecule has 21 heteroatoms. The number of hydrogen-bond acceptors (Lipinski definition) is 13. The second kappa shape index (κ2) is 58.0. The summed E-state index contributed by atoms with van der Waals surface area (Å²) < 4.78 is 0. The molecule has 21 nitrogen and oxygen atoms in total. The van der Waals surface area contributed by atoms with Crippen molar-refractivity contribution < 1.29 is 38.4 Å². The highest BCUT2D eigenvalue weighted by Crippen LogP contribution is 2.16. The van der Waals surface area contributed by atoms with Crippen molar-refractivity contribution in [3.63, 3.8) is 0 Å². The van der Waals surface area contributed by atoms with Gasteiger partial charge in [-0.25, -0.2) is 0 Å². The summed E-state index contributed by atoms with van der Waals surface area (Å²) in [4.78, 5) is 107. The van der Waals surface area contributed by atoms with Gasteiger partial charge in [-0.05, 0) is 168 Å². The fourth-order valence-corrected chi connectivity index (χ4v) is 11.1. The standard InChI is InChI=1S/C66H129N13O8/c67-46-30-25-38-54-62(83)72-51-35-19-13-7-2-5-11-17-23-44-60(81)76-57(41-28-33-49-70)65(86)79-56(40-27-32-48-69)64(85)74-53-37-21-15-9-3-6-12-18-24-45-61(82)77-58(42-29-34-50-71)66(87)78-55(39-26-31-47-68)63(84)73-52-36-20-14-8-1-4-10-16-22-43-59(80)75-54/h54-58H,1-53,67-71H2,(H,72,83)(H,73,84)(H,74,85)(H,75,80)(H,76,81)(H,77,82)(H,78,87)(H,79,86). The van der Waals surface area contributed by atoms with Gasteiger partial charge in [0.15, 0.2) is 0 Å². The minimum absolute atomic E-state index is 0.0921. The summed E-state index contributed by atoms with van der Waals surface area (Å²) in [7, 11) is 0. The van der Waals surface area contributed by atoms with Gasteiger partial charge in [0.1, 0.15) is 30.2 Å². The highest BCUT2D eigenvalue weighted by atomic mass is 16.2. The zero-order valence-electron chi connectivity index (χ0n) is 54.5. The van der Waals surface area contributed by atoms with Crippen LogP contribution >= 0.6 is 0 Å². The number of unbranched alkanes of at least 4 members (excludes halogenated alkanes) is 5. The molecule has 0 aliphatic carbocycles. The van der Waals surface area contributed by atoms with Crippen molar-refractivity contribution in [1.82, 2.24) is 42.5 Å². The zero-order chi connectivity index (χ0) is 63.6. The predicted molar refractivity (Wildman–Crippen MR) is 352 cm³/mol. The van der Waals surface area contributed by atoms with Gasteiger partial charge in [-0.3, -0.25) is 38.4 Å². The van der Waals surface area contributed by atoms with Crippen LogP contribution < -0.4 is 71.2 Å². The second-order valence-corrected chi connectivity index (χ2v) is 24.6. The van der Waals surface area contributed by atoms with Crippen LogP contribution in [0.2, 0.25) is 0 Å². The quantitative estimate of drug-likeness (QED) is 0.0541. The van der Waals surface area contributed by atoms with Gasteiger partial charge in [-0.1, -0.05) is 135 Å². The molecule has 506 valence electrons. The molecule has 8 amide bonds. The number of carbonyl (C=O) groups excluding carboxylic acids is 8. The van der Waals surface area contributed by atoms with E-state index in [1.54, 1.807) is 0 Å². The van der Waals surface area contributed by atoms with Crippen LogP contribution in [0.1, 0.15) is 289 Å². The Morgan fingerprint density at radius 1 is 0.230 bits per heavy atom. The van der Waals surface area contributed by atoms with Crippen LogP contribution in [-0.4, -0.2) is 130 Å². The molecule has 1 heterocycles. The first-order valence-electron chi connectivity index (χ1n) is 35.2. The Balaban J connectivity index is 2.93. The van der Waals surface area contributed by atoms with E-state index in [1.807, 2.05) is 0 Å². The van der Waals surface area contributed by atoms with E-state index >= 15 is 0 Å². The normalized spacial score (nSPS) is 23.2. The summed E-state index contributed by atoms with van der Waals surface area (Å²) in [5, 5.41) is 24.0. The number of nitrogens with one attached hydrogen (secondary N) is 8. The second-order valence-electron chi connectivity index (χ2n) is 24.6. The summed E-state index contributed by atoms with van der Waals surface area (Å²) in [6.07, 6.45) is 37.0. The molecule has 87 heavy (non-hydrogen) atoms. The van der Waals surface area contributed by atoms with Gasteiger partial charge >= 0.3 is 0 Å². The van der Waals surface area contributed by atoms with Crippen molar-refractivity contribution in [2.24, 2.45) is 28.7 Å². The number of nitrogens with two attached hydrogens (primary N) is 5. The molecule has 5 atom stereocenters. The molecule has 1 rings (SSSR count). The molecule has 0 bridgehead atoms. The van der Waals surface area contributed by atoms with Crippen molar-refractivity contribution in [3.05, 3.63) is 0 Å². The minimum atomic E-state index is -0.764. The number of amides is 8. The fraction of sp³-hybridized carbons (Fsp3) is 0.879. The molecule has 0 radical (unpaired) electrons. The summed E-state index contributed by atoms with van der Waals surface area (Å²) in [5.74, 6) is -1.75. The van der Waals surface area contributed by atoms with Crippen LogP contribution in [0.15, 0.2) is 0 Å². The van der Waals surface area contributed by atoms with Crippen molar-refractivity contribution in [3.8, 4) is 0 Å². The molecule has 5 unspecified atom stereocenters. The Kier molecular flexibility index (Phi) is 53.7. The Morgan fingerprint density at radius 2 is 0.414 bits per heavy atom. The van der Waals surface area contributed by atoms with E-state index in [-0.39, 0.29) is 47.3 Å². The first-order valence-corrected chi connectivity index (χ1v) is 35.2. The van der Waals surface area contributed by atoms with E-state index < -0.39 is 30.2 Å². The van der Waals surface area contributed by atoms with E-state index in [9.17, 15) is 38.4 Å². The predicted octanol–water partition coefficient (Wildman–Crippen LogP) is 7.12. The van der Waals surface area contributed by atoms with E-state index in [2.05, 4.69) is 42.5 Å². The lowest BCUT2D eigenvalue weighted by molar-refractivity contribution is -0.132. The van der Waals surface area contributed by atoms with Gasteiger partial charge < -0.3 is 71.2 Å². The fourth-order valence-electron chi connectivity index (χ4n) is 11.1. The average molecular weight is 1230 g/mol. The van der Waals surface area contributed by atoms with E-state index in [4.69, 9.17) is 28.7 Å². The monoisotopic (exact) mass is 1230 g/mol. The smallest absolute Gasteiger partial charge is 0.243 e. The first-order chi connectivity index (χ1) is 42.4. The van der Waals surface area contributed by atoms with Crippen LogP contribution in [0.3, 0.4) is 0 Å². The molecule has 0 aromatic heterocycles. The molecule has 1 saturated heterocycles. The Hall–Kier alpha value is -4.44. The maximum absolute atomic E-state index is 13.7. The zero-order valence-corrected chi connectivity index (χ0v) is 54.5. The highest BCUT2D eigenvalue weighted by Gasteiger charge is 2.28. The lowest BCUT2D eigenvalue weighted by Gasteiger charge is -2.23. The average Bonchev–Trinajstić information content (AvgIpc) is 3.69. The van der Waals surface area contributed by atoms with Gasteiger partial charge in [0.2, 0.25) is 47.3 Å². The molecule has 0 spiro atoms. The lowest BCUT2D eigenvalue weighted by atomic mass is 10.0. The van der Waals surface area contributed by atoms with Crippen LogP contribution in [-0.2, 0) is 38.4 Å². The van der Waals surface area contributed by atoms with Crippen LogP contribution in [0.5, 0.6) is 0 Å². The van der Waals surface area contributed by atoms with Crippen LogP contribution in [0, 0.1) is 0 Å². The molecular formula is C66H129N13O8. The topological polar surface area (TPSA) is 363 Å². The van der Waals surface area contributed by atoms with Crippen LogP contribution in [0.25, 0.3) is 0 Å². The van der Waals surface area contributed by atoms with Crippen LogP contribution in [0.4, 0.5) is 0 Å². The molecule has 1 aliphatic heterocycles. The third kappa shape index (κ3) is 46.3. The molecule has 18 N–H and O–H groups in total. The Morgan fingerprint density at radius 3 is 0.632 bits per heavy atom. The summed E-state index contributed by atoms with van der Waals surface area (Å²) >= 11 is 0. The van der Waals surface area contributed by atoms with E-state index in [1.165, 1.54) is 0 Å². The van der Waals surface area contributed by atoms with E-state index in [0.717, 1.165) is 205 Å². The van der Waals surface area contributed by atoms with Gasteiger partial charge in [0.25, 0.3) is 0 Å². The number of hydrogen-bond donors (Lipinski definition) is 13. The van der Waals surface area contributed by atoms with Gasteiger partial charge in [0.05, 0.1) is 0 Å². The van der Waals surface area contributed by atoms with Gasteiger partial charge in [-0.15, -0.1) is 0 Å². The Labute approximate surface area is 526 Å². The number of rotatable bonds is 20. The molecule has 1 fully saturated rings. The lowest BCUT2D eigenvalue weighted by Crippen LogP contribution is -2.53. The third-order valence-electron chi connectivity index (χ3n) is 16.6. The largest absolute Gasteiger partial charge is 0.354 e. The maximum atomic E-state index is 13.7. The summed E-state index contributed by atoms with van der Waals surface area (Å²) in [5.41, 5.74) is 28.9. The molecule has 0 saturated carbocycles. The van der Waals surface area contributed by atoms with Crippen molar-refractivity contribution in [2.75, 3.05) is 52.4 Å².